The van der Waals surface area contributed by atoms with Gasteiger partial charge in [0, 0.05) is 0 Å². The van der Waals surface area contributed by atoms with Gasteiger partial charge in [0.25, 0.3) is 10.0 Å². The average molecular weight is 388 g/mol. The summed E-state index contributed by atoms with van der Waals surface area (Å²) in [5.41, 5.74) is -0.414. The summed E-state index contributed by atoms with van der Waals surface area (Å²) in [7, 11) is -1.17. The molecule has 0 aromatic heterocycles. The van der Waals surface area contributed by atoms with Crippen LogP contribution in [0.5, 0.6) is 11.5 Å². The second-order valence-corrected chi connectivity index (χ2v) is 6.65. The van der Waals surface area contributed by atoms with Crippen molar-refractivity contribution in [2.24, 2.45) is 5.10 Å². The van der Waals surface area contributed by atoms with Gasteiger partial charge < -0.3 is 9.47 Å². The number of halogens is 3. The molecular weight excluding hydrogens is 373 g/mol. The van der Waals surface area contributed by atoms with Gasteiger partial charge in [-0.3, -0.25) is 0 Å². The average Bonchev–Trinajstić information content (AvgIpc) is 2.60. The third-order valence-corrected chi connectivity index (χ3v) is 4.52. The van der Waals surface area contributed by atoms with Crippen molar-refractivity contribution in [1.29, 1.82) is 0 Å². The first kappa shape index (κ1) is 19.6. The van der Waals surface area contributed by atoms with E-state index in [1.165, 1.54) is 20.4 Å². The number of hydrazone groups is 1. The Morgan fingerprint density at radius 3 is 2.15 bits per heavy atom. The van der Waals surface area contributed by atoms with E-state index in [2.05, 4.69) is 5.10 Å². The van der Waals surface area contributed by atoms with Crippen LogP contribution in [0.3, 0.4) is 0 Å². The summed E-state index contributed by atoms with van der Waals surface area (Å²) < 4.78 is 71.9. The normalized spacial score (nSPS) is 12.2. The van der Waals surface area contributed by atoms with Gasteiger partial charge in [-0.05, 0) is 48.0 Å². The maximum Gasteiger partial charge on any atom is 0.416 e. The Balaban J connectivity index is 2.14. The van der Waals surface area contributed by atoms with Gasteiger partial charge >= 0.3 is 6.18 Å². The monoisotopic (exact) mass is 388 g/mol. The summed E-state index contributed by atoms with van der Waals surface area (Å²) in [5.74, 6) is 0.928. The molecule has 0 heterocycles. The second kappa shape index (κ2) is 7.65. The SMILES string of the molecule is COc1ccc(/C=N/NS(=O)(=O)c2ccc(C(F)(F)F)cc2)cc1OC. The van der Waals surface area contributed by atoms with Crippen LogP contribution in [0.15, 0.2) is 52.5 Å². The molecule has 0 fully saturated rings. The van der Waals surface area contributed by atoms with E-state index in [0.29, 0.717) is 29.2 Å². The van der Waals surface area contributed by atoms with Gasteiger partial charge in [-0.15, -0.1) is 0 Å². The quantitative estimate of drug-likeness (QED) is 0.610. The Kier molecular flexibility index (Phi) is 5.76. The van der Waals surface area contributed by atoms with Gasteiger partial charge in [0.1, 0.15) is 0 Å². The van der Waals surface area contributed by atoms with Gasteiger partial charge in [-0.2, -0.15) is 26.7 Å². The lowest BCUT2D eigenvalue weighted by Gasteiger charge is -2.08. The zero-order valence-corrected chi connectivity index (χ0v) is 14.6. The molecule has 0 radical (unpaired) electrons. The van der Waals surface area contributed by atoms with E-state index in [-0.39, 0.29) is 4.90 Å². The molecule has 0 aliphatic heterocycles. The summed E-state index contributed by atoms with van der Waals surface area (Å²) in [5, 5.41) is 3.61. The molecule has 2 rings (SSSR count). The summed E-state index contributed by atoms with van der Waals surface area (Å²) in [6.07, 6.45) is -3.31. The van der Waals surface area contributed by atoms with Gasteiger partial charge in [0.2, 0.25) is 0 Å². The molecule has 0 amide bonds. The highest BCUT2D eigenvalue weighted by Crippen LogP contribution is 2.29. The van der Waals surface area contributed by atoms with Crippen molar-refractivity contribution in [3.63, 3.8) is 0 Å². The Morgan fingerprint density at radius 1 is 1.00 bits per heavy atom. The summed E-state index contributed by atoms with van der Waals surface area (Å²) >= 11 is 0. The lowest BCUT2D eigenvalue weighted by atomic mass is 10.2. The van der Waals surface area contributed by atoms with Crippen molar-refractivity contribution in [3.8, 4) is 11.5 Å². The number of benzene rings is 2. The van der Waals surface area contributed by atoms with E-state index in [9.17, 15) is 21.6 Å². The fourth-order valence-electron chi connectivity index (χ4n) is 1.98. The van der Waals surface area contributed by atoms with Gasteiger partial charge in [-0.25, -0.2) is 4.83 Å². The number of nitrogens with zero attached hydrogens (tertiary/aromatic N) is 1. The van der Waals surface area contributed by atoms with Crippen molar-refractivity contribution in [1.82, 2.24) is 4.83 Å². The number of alkyl halides is 3. The van der Waals surface area contributed by atoms with E-state index in [0.717, 1.165) is 12.1 Å². The van der Waals surface area contributed by atoms with Crippen LogP contribution in [0, 0.1) is 0 Å². The largest absolute Gasteiger partial charge is 0.493 e. The molecule has 0 aliphatic rings. The third kappa shape index (κ3) is 4.66. The predicted octanol–water partition coefficient (Wildman–Crippen LogP) is 3.04. The number of methoxy groups -OCH3 is 2. The highest BCUT2D eigenvalue weighted by Gasteiger charge is 2.30. The fraction of sp³-hybridized carbons (Fsp3) is 0.188. The van der Waals surface area contributed by atoms with Crippen LogP contribution in [0.2, 0.25) is 0 Å². The summed E-state index contributed by atoms with van der Waals surface area (Å²) in [6, 6.07) is 7.91. The van der Waals surface area contributed by atoms with Crippen molar-refractivity contribution < 1.29 is 31.1 Å². The summed E-state index contributed by atoms with van der Waals surface area (Å²) in [4.78, 5) is 1.60. The molecule has 140 valence electrons. The van der Waals surface area contributed by atoms with Crippen LogP contribution in [0.25, 0.3) is 0 Å². The highest BCUT2D eigenvalue weighted by atomic mass is 32.2. The van der Waals surface area contributed by atoms with E-state index in [1.54, 1.807) is 18.2 Å². The predicted molar refractivity (Wildman–Crippen MR) is 88.9 cm³/mol. The minimum atomic E-state index is -4.54. The Labute approximate surface area is 148 Å². The van der Waals surface area contributed by atoms with Gasteiger partial charge in [0.15, 0.2) is 11.5 Å². The number of hydrogen-bond acceptors (Lipinski definition) is 5. The van der Waals surface area contributed by atoms with E-state index >= 15 is 0 Å². The van der Waals surface area contributed by atoms with Crippen molar-refractivity contribution >= 4 is 16.2 Å². The summed E-state index contributed by atoms with van der Waals surface area (Å²) in [6.45, 7) is 0. The molecule has 10 heteroatoms. The standard InChI is InChI=1S/C16H15F3N2O4S/c1-24-14-8-3-11(9-15(14)25-2)10-20-21-26(22,23)13-6-4-12(5-7-13)16(17,18)19/h3-10,21H,1-2H3/b20-10+. The lowest BCUT2D eigenvalue weighted by Crippen LogP contribution is -2.18. The Hall–Kier alpha value is -2.75. The minimum absolute atomic E-state index is 0.338. The number of nitrogens with one attached hydrogen (secondary N) is 1. The molecule has 0 bridgehead atoms. The number of hydrogen-bond donors (Lipinski definition) is 1. The maximum absolute atomic E-state index is 12.5. The van der Waals surface area contributed by atoms with Crippen LogP contribution in [-0.4, -0.2) is 28.9 Å². The number of rotatable bonds is 6. The minimum Gasteiger partial charge on any atom is -0.493 e. The molecule has 2 aromatic rings. The molecule has 0 saturated heterocycles. The molecule has 6 nitrogen and oxygen atoms in total. The molecule has 0 unspecified atom stereocenters. The molecule has 0 atom stereocenters. The smallest absolute Gasteiger partial charge is 0.416 e. The van der Waals surface area contributed by atoms with E-state index in [4.69, 9.17) is 9.47 Å². The first-order valence-electron chi connectivity index (χ1n) is 7.11. The topological polar surface area (TPSA) is 77.0 Å². The lowest BCUT2D eigenvalue weighted by molar-refractivity contribution is -0.137. The Morgan fingerprint density at radius 2 is 1.62 bits per heavy atom. The zero-order chi connectivity index (χ0) is 19.4. The maximum atomic E-state index is 12.5. The number of sulfonamides is 1. The Bertz CT molecular complexity index is 895. The van der Waals surface area contributed by atoms with Crippen molar-refractivity contribution in [2.75, 3.05) is 14.2 Å². The highest BCUT2D eigenvalue weighted by molar-refractivity contribution is 7.89. The molecule has 2 aromatic carbocycles. The second-order valence-electron chi connectivity index (χ2n) is 4.99. The van der Waals surface area contributed by atoms with Gasteiger partial charge in [-0.1, -0.05) is 0 Å². The van der Waals surface area contributed by atoms with Crippen molar-refractivity contribution in [2.45, 2.75) is 11.1 Å². The molecule has 26 heavy (non-hydrogen) atoms. The van der Waals surface area contributed by atoms with Crippen LogP contribution < -0.4 is 14.3 Å². The molecule has 0 spiro atoms. The van der Waals surface area contributed by atoms with Gasteiger partial charge in [0.05, 0.1) is 30.9 Å². The zero-order valence-electron chi connectivity index (χ0n) is 13.7. The van der Waals surface area contributed by atoms with Crippen molar-refractivity contribution in [3.05, 3.63) is 53.6 Å². The van der Waals surface area contributed by atoms with Crippen LogP contribution in [0.4, 0.5) is 13.2 Å². The van der Waals surface area contributed by atoms with E-state index in [1.807, 2.05) is 4.83 Å². The van der Waals surface area contributed by atoms with Crippen LogP contribution in [-0.2, 0) is 16.2 Å². The fourth-order valence-corrected chi connectivity index (χ4v) is 2.77. The molecule has 1 N–H and O–H groups in total. The third-order valence-electron chi connectivity index (χ3n) is 3.29. The number of ether oxygens (including phenoxy) is 2. The first-order valence-corrected chi connectivity index (χ1v) is 8.60. The molecular formula is C16H15F3N2O4S. The first-order chi connectivity index (χ1) is 12.2. The van der Waals surface area contributed by atoms with E-state index < -0.39 is 21.8 Å². The van der Waals surface area contributed by atoms with Crippen LogP contribution in [0.1, 0.15) is 11.1 Å². The molecule has 0 saturated carbocycles. The molecule has 0 aliphatic carbocycles. The van der Waals surface area contributed by atoms with Crippen LogP contribution >= 0.6 is 0 Å².